The lowest BCUT2D eigenvalue weighted by Gasteiger charge is -2.21. The summed E-state index contributed by atoms with van der Waals surface area (Å²) in [5, 5.41) is 7.91. The van der Waals surface area contributed by atoms with Gasteiger partial charge in [0.15, 0.2) is 5.78 Å². The van der Waals surface area contributed by atoms with E-state index in [0.29, 0.717) is 18.2 Å². The van der Waals surface area contributed by atoms with E-state index in [-0.39, 0.29) is 6.04 Å². The molecule has 0 radical (unpaired) electrons. The minimum absolute atomic E-state index is 0.0605. The maximum atomic E-state index is 12.2. The van der Waals surface area contributed by atoms with Crippen LogP contribution in [-0.2, 0) is 11.2 Å². The zero-order chi connectivity index (χ0) is 13.1. The van der Waals surface area contributed by atoms with Crippen molar-refractivity contribution in [2.75, 3.05) is 6.54 Å². The first-order chi connectivity index (χ1) is 9.33. The number of nitrogens with one attached hydrogen (secondary N) is 1. The topological polar surface area (TPSA) is 46.9 Å². The Morgan fingerprint density at radius 1 is 1.26 bits per heavy atom. The van der Waals surface area contributed by atoms with E-state index in [0.717, 1.165) is 18.7 Å². The summed E-state index contributed by atoms with van der Waals surface area (Å²) < 4.78 is 2.07. The van der Waals surface area contributed by atoms with Gasteiger partial charge in [-0.15, -0.1) is 0 Å². The molecular formula is C15H23N3O. The van der Waals surface area contributed by atoms with Crippen molar-refractivity contribution in [3.63, 3.8) is 0 Å². The molecule has 4 heteroatoms. The summed E-state index contributed by atoms with van der Waals surface area (Å²) in [4.78, 5) is 12.2. The summed E-state index contributed by atoms with van der Waals surface area (Å²) in [5.41, 5.74) is 0.935. The van der Waals surface area contributed by atoms with Gasteiger partial charge in [-0.2, -0.15) is 5.10 Å². The van der Waals surface area contributed by atoms with Gasteiger partial charge in [0.25, 0.3) is 0 Å². The van der Waals surface area contributed by atoms with Crippen LogP contribution in [0.15, 0.2) is 12.3 Å². The Hall–Kier alpha value is -1.16. The van der Waals surface area contributed by atoms with Crippen LogP contribution in [-0.4, -0.2) is 28.2 Å². The molecule has 1 saturated heterocycles. The Balaban J connectivity index is 1.58. The molecule has 2 heterocycles. The molecule has 1 aliphatic heterocycles. The molecule has 0 spiro atoms. The summed E-state index contributed by atoms with van der Waals surface area (Å²) in [5.74, 6) is 0.302. The molecule has 1 atom stereocenters. The summed E-state index contributed by atoms with van der Waals surface area (Å²) in [6.07, 6.45) is 11.0. The van der Waals surface area contributed by atoms with Gasteiger partial charge < -0.3 is 5.32 Å². The lowest BCUT2D eigenvalue weighted by atomic mass is 9.98. The number of aromatic nitrogens is 2. The number of ketones is 1. The SMILES string of the molecule is O=C(Cc1ccn(C2CCCC2)n1)C1CCCCN1. The standard InChI is InChI=1S/C15H23N3O/c19-15(14-7-3-4-9-16-14)11-12-8-10-18(17-12)13-5-1-2-6-13/h8,10,13-14,16H,1-7,9,11H2. The largest absolute Gasteiger partial charge is 0.307 e. The van der Waals surface area contributed by atoms with Crippen molar-refractivity contribution < 1.29 is 4.79 Å². The zero-order valence-electron chi connectivity index (χ0n) is 11.5. The molecule has 4 nitrogen and oxygen atoms in total. The first-order valence-corrected chi connectivity index (χ1v) is 7.63. The predicted molar refractivity (Wildman–Crippen MR) is 74.1 cm³/mol. The normalized spacial score (nSPS) is 24.7. The van der Waals surface area contributed by atoms with Crippen LogP contribution >= 0.6 is 0 Å². The monoisotopic (exact) mass is 261 g/mol. The second kappa shape index (κ2) is 5.87. The molecule has 0 aromatic carbocycles. The van der Waals surface area contributed by atoms with E-state index in [1.165, 1.54) is 38.5 Å². The number of hydrogen-bond acceptors (Lipinski definition) is 3. The van der Waals surface area contributed by atoms with Crippen LogP contribution in [0.2, 0.25) is 0 Å². The number of rotatable bonds is 4. The van der Waals surface area contributed by atoms with Crippen molar-refractivity contribution >= 4 is 5.78 Å². The number of piperidine rings is 1. The van der Waals surface area contributed by atoms with Crippen molar-refractivity contribution in [3.8, 4) is 0 Å². The second-order valence-electron chi connectivity index (χ2n) is 5.87. The van der Waals surface area contributed by atoms with E-state index >= 15 is 0 Å². The van der Waals surface area contributed by atoms with Crippen molar-refractivity contribution in [1.82, 2.24) is 15.1 Å². The molecule has 104 valence electrons. The first kappa shape index (κ1) is 12.9. The van der Waals surface area contributed by atoms with Crippen LogP contribution in [0.1, 0.15) is 56.7 Å². The van der Waals surface area contributed by atoms with E-state index in [9.17, 15) is 4.79 Å². The highest BCUT2D eigenvalue weighted by atomic mass is 16.1. The van der Waals surface area contributed by atoms with Crippen LogP contribution in [0.4, 0.5) is 0 Å². The quantitative estimate of drug-likeness (QED) is 0.904. The van der Waals surface area contributed by atoms with Gasteiger partial charge in [-0.1, -0.05) is 19.3 Å². The van der Waals surface area contributed by atoms with Crippen LogP contribution in [0, 0.1) is 0 Å². The summed E-state index contributed by atoms with van der Waals surface area (Å²) in [7, 11) is 0. The number of carbonyl (C=O) groups excluding carboxylic acids is 1. The molecule has 1 aromatic heterocycles. The highest BCUT2D eigenvalue weighted by molar-refractivity contribution is 5.85. The molecular weight excluding hydrogens is 238 g/mol. The molecule has 1 saturated carbocycles. The average Bonchev–Trinajstić information content (AvgIpc) is 3.10. The Morgan fingerprint density at radius 3 is 2.79 bits per heavy atom. The third-order valence-electron chi connectivity index (χ3n) is 4.42. The number of nitrogens with zero attached hydrogens (tertiary/aromatic N) is 2. The third kappa shape index (κ3) is 3.06. The summed E-state index contributed by atoms with van der Waals surface area (Å²) in [6, 6.07) is 2.64. The molecule has 1 aliphatic carbocycles. The van der Waals surface area contributed by atoms with Gasteiger partial charge >= 0.3 is 0 Å². The number of Topliss-reactive ketones (excluding diaryl/α,β-unsaturated/α-hetero) is 1. The van der Waals surface area contributed by atoms with E-state index in [2.05, 4.69) is 15.1 Å². The molecule has 19 heavy (non-hydrogen) atoms. The highest BCUT2D eigenvalue weighted by Gasteiger charge is 2.22. The Bertz CT molecular complexity index is 428. The van der Waals surface area contributed by atoms with Gasteiger partial charge in [0.05, 0.1) is 24.2 Å². The van der Waals surface area contributed by atoms with E-state index < -0.39 is 0 Å². The number of hydrogen-bond donors (Lipinski definition) is 1. The minimum Gasteiger partial charge on any atom is -0.307 e. The predicted octanol–water partition coefficient (Wildman–Crippen LogP) is 2.25. The van der Waals surface area contributed by atoms with Gasteiger partial charge in [0.1, 0.15) is 0 Å². The fourth-order valence-electron chi connectivity index (χ4n) is 3.27. The van der Waals surface area contributed by atoms with E-state index in [1.807, 2.05) is 12.3 Å². The maximum absolute atomic E-state index is 12.2. The van der Waals surface area contributed by atoms with Gasteiger partial charge in [0.2, 0.25) is 0 Å². The van der Waals surface area contributed by atoms with Gasteiger partial charge in [-0.3, -0.25) is 9.48 Å². The third-order valence-corrected chi connectivity index (χ3v) is 4.42. The van der Waals surface area contributed by atoms with Crippen LogP contribution in [0.3, 0.4) is 0 Å². The molecule has 0 bridgehead atoms. The molecule has 2 aliphatic rings. The van der Waals surface area contributed by atoms with Gasteiger partial charge in [-0.25, -0.2) is 0 Å². The average molecular weight is 261 g/mol. The summed E-state index contributed by atoms with van der Waals surface area (Å²) >= 11 is 0. The van der Waals surface area contributed by atoms with E-state index in [1.54, 1.807) is 0 Å². The summed E-state index contributed by atoms with van der Waals surface area (Å²) in [6.45, 7) is 0.979. The van der Waals surface area contributed by atoms with Crippen LogP contribution in [0.5, 0.6) is 0 Å². The minimum atomic E-state index is 0.0605. The van der Waals surface area contributed by atoms with E-state index in [4.69, 9.17) is 0 Å². The Labute approximate surface area is 114 Å². The molecule has 3 rings (SSSR count). The maximum Gasteiger partial charge on any atom is 0.155 e. The van der Waals surface area contributed by atoms with Gasteiger partial charge in [0, 0.05) is 6.20 Å². The Kier molecular flexibility index (Phi) is 3.97. The molecule has 2 fully saturated rings. The lowest BCUT2D eigenvalue weighted by molar-refractivity contribution is -0.121. The van der Waals surface area contributed by atoms with Crippen molar-refractivity contribution in [3.05, 3.63) is 18.0 Å². The smallest absolute Gasteiger partial charge is 0.155 e. The first-order valence-electron chi connectivity index (χ1n) is 7.63. The molecule has 1 N–H and O–H groups in total. The molecule has 0 amide bonds. The van der Waals surface area contributed by atoms with Crippen LogP contribution in [0.25, 0.3) is 0 Å². The molecule has 1 unspecified atom stereocenters. The zero-order valence-corrected chi connectivity index (χ0v) is 11.5. The fourth-order valence-corrected chi connectivity index (χ4v) is 3.27. The lowest BCUT2D eigenvalue weighted by Crippen LogP contribution is -2.41. The fraction of sp³-hybridized carbons (Fsp3) is 0.733. The Morgan fingerprint density at radius 2 is 2.05 bits per heavy atom. The van der Waals surface area contributed by atoms with Crippen molar-refractivity contribution in [2.24, 2.45) is 0 Å². The number of carbonyl (C=O) groups is 1. The highest BCUT2D eigenvalue weighted by Crippen LogP contribution is 2.28. The van der Waals surface area contributed by atoms with Gasteiger partial charge in [-0.05, 0) is 38.3 Å². The van der Waals surface area contributed by atoms with Crippen molar-refractivity contribution in [1.29, 1.82) is 0 Å². The van der Waals surface area contributed by atoms with Crippen LogP contribution < -0.4 is 5.32 Å². The second-order valence-corrected chi connectivity index (χ2v) is 5.87. The molecule has 1 aromatic rings. The van der Waals surface area contributed by atoms with Crippen molar-refractivity contribution in [2.45, 2.75) is 63.5 Å².